The van der Waals surface area contributed by atoms with Gasteiger partial charge in [-0.15, -0.1) is 0 Å². The highest BCUT2D eigenvalue weighted by atomic mass is 16.6. The van der Waals surface area contributed by atoms with Crippen molar-refractivity contribution in [2.75, 3.05) is 138 Å². The molecule has 0 unspecified atom stereocenters. The zero-order valence-electron chi connectivity index (χ0n) is 27.1. The van der Waals surface area contributed by atoms with Gasteiger partial charge in [0, 0.05) is 6.42 Å². The van der Waals surface area contributed by atoms with E-state index in [-0.39, 0.29) is 26.1 Å². The molecule has 0 saturated carbocycles. The molecule has 16 nitrogen and oxygen atoms in total. The molecule has 0 aliphatic heterocycles. The Morgan fingerprint density at radius 3 is 1.19 bits per heavy atom. The van der Waals surface area contributed by atoms with Gasteiger partial charge < -0.3 is 62.9 Å². The number of para-hydroxylation sites is 2. The molecule has 0 aliphatic carbocycles. The highest BCUT2D eigenvalue weighted by Crippen LogP contribution is 2.19. The normalized spacial score (nSPS) is 11.1. The van der Waals surface area contributed by atoms with Crippen molar-refractivity contribution in [2.24, 2.45) is 0 Å². The smallest absolute Gasteiger partial charge is 0.372 e. The number of carbonyl (C=O) groups excluding carboxylic acids is 2. The topological polar surface area (TPSA) is 199 Å². The largest absolute Gasteiger partial charge is 0.489 e. The minimum absolute atomic E-state index is 0.0123. The van der Waals surface area contributed by atoms with Gasteiger partial charge >= 0.3 is 11.9 Å². The molecule has 270 valence electrons. The maximum atomic E-state index is 11.4. The van der Waals surface area contributed by atoms with E-state index >= 15 is 0 Å². The monoisotopic (exact) mass is 677 g/mol. The third-order valence-electron chi connectivity index (χ3n) is 5.67. The maximum absolute atomic E-state index is 11.4. The van der Waals surface area contributed by atoms with Gasteiger partial charge in [0.2, 0.25) is 5.78 Å². The van der Waals surface area contributed by atoms with Crippen LogP contribution in [0.1, 0.15) is 12.8 Å². The van der Waals surface area contributed by atoms with Crippen LogP contribution in [0.25, 0.3) is 0 Å². The predicted octanol–water partition coefficient (Wildman–Crippen LogP) is 0.774. The Morgan fingerprint density at radius 1 is 0.489 bits per heavy atom. The second-order valence-electron chi connectivity index (χ2n) is 9.35. The molecule has 0 spiro atoms. The van der Waals surface area contributed by atoms with Gasteiger partial charge in [-0.1, -0.05) is 12.1 Å². The van der Waals surface area contributed by atoms with E-state index in [4.69, 9.17) is 62.9 Å². The van der Waals surface area contributed by atoms with Crippen LogP contribution in [0, 0.1) is 0 Å². The van der Waals surface area contributed by atoms with Gasteiger partial charge in [0.15, 0.2) is 0 Å². The third kappa shape index (κ3) is 27.9. The van der Waals surface area contributed by atoms with Crippen LogP contribution in [0.15, 0.2) is 24.3 Å². The zero-order valence-corrected chi connectivity index (χ0v) is 27.1. The van der Waals surface area contributed by atoms with E-state index in [1.165, 1.54) is 0 Å². The van der Waals surface area contributed by atoms with Gasteiger partial charge in [-0.2, -0.15) is 0 Å². The van der Waals surface area contributed by atoms with E-state index in [2.05, 4.69) is 0 Å². The molecule has 47 heavy (non-hydrogen) atoms. The van der Waals surface area contributed by atoms with Crippen molar-refractivity contribution in [3.8, 4) is 5.75 Å². The number of carboxylic acids is 1. The van der Waals surface area contributed by atoms with Gasteiger partial charge in [-0.3, -0.25) is 9.59 Å². The van der Waals surface area contributed by atoms with Crippen LogP contribution in [0.4, 0.5) is 5.69 Å². The lowest BCUT2D eigenvalue weighted by Crippen LogP contribution is -2.17. The Bertz CT molecular complexity index is 921. The summed E-state index contributed by atoms with van der Waals surface area (Å²) in [5.41, 5.74) is 6.41. The minimum Gasteiger partial charge on any atom is -0.489 e. The van der Waals surface area contributed by atoms with Crippen molar-refractivity contribution < 1.29 is 71.6 Å². The first-order chi connectivity index (χ1) is 23.0. The van der Waals surface area contributed by atoms with Gasteiger partial charge in [-0.25, -0.2) is 4.79 Å². The first-order valence-corrected chi connectivity index (χ1v) is 15.6. The fourth-order valence-electron chi connectivity index (χ4n) is 3.29. The molecule has 0 radical (unpaired) electrons. The van der Waals surface area contributed by atoms with E-state index in [0.29, 0.717) is 130 Å². The SMILES string of the molecule is Nc1ccccc1OCCOCCOCCOCCOCCOCCOCCOCCOCCOCCOC(=O)CCC(=O)C(=O)O. The summed E-state index contributed by atoms with van der Waals surface area (Å²) in [7, 11) is 0. The average molecular weight is 678 g/mol. The van der Waals surface area contributed by atoms with Crippen LogP contribution >= 0.6 is 0 Å². The van der Waals surface area contributed by atoms with E-state index in [0.717, 1.165) is 0 Å². The summed E-state index contributed by atoms with van der Waals surface area (Å²) in [5.74, 6) is -2.59. The van der Waals surface area contributed by atoms with Crippen molar-refractivity contribution in [2.45, 2.75) is 12.8 Å². The molecule has 0 heterocycles. The third-order valence-corrected chi connectivity index (χ3v) is 5.67. The fraction of sp³-hybridized carbons (Fsp3) is 0.710. The Kier molecular flexibility index (Phi) is 28.4. The van der Waals surface area contributed by atoms with E-state index in [9.17, 15) is 14.4 Å². The van der Waals surface area contributed by atoms with Crippen LogP contribution in [-0.2, 0) is 61.8 Å². The second-order valence-corrected chi connectivity index (χ2v) is 9.35. The van der Waals surface area contributed by atoms with E-state index in [1.54, 1.807) is 6.07 Å². The summed E-state index contributed by atoms with van der Waals surface area (Å²) < 4.78 is 59.1. The number of hydrogen-bond acceptors (Lipinski definition) is 15. The molecule has 0 fully saturated rings. The molecule has 0 amide bonds. The van der Waals surface area contributed by atoms with Crippen LogP contribution in [0.3, 0.4) is 0 Å². The summed E-state index contributed by atoms with van der Waals surface area (Å²) in [6, 6.07) is 7.33. The molecule has 1 aromatic rings. The summed E-state index contributed by atoms with van der Waals surface area (Å²) in [4.78, 5) is 32.6. The van der Waals surface area contributed by atoms with Crippen molar-refractivity contribution in [1.82, 2.24) is 0 Å². The molecule has 0 atom stereocenters. The van der Waals surface area contributed by atoms with E-state index < -0.39 is 17.7 Å². The predicted molar refractivity (Wildman–Crippen MR) is 167 cm³/mol. The number of carbonyl (C=O) groups is 3. The Hall–Kier alpha value is -2.93. The van der Waals surface area contributed by atoms with Crippen LogP contribution < -0.4 is 10.5 Å². The number of hydrogen-bond donors (Lipinski definition) is 2. The standard InChI is InChI=1S/C31H51NO15/c32-27-3-1-2-4-29(27)46-25-23-44-21-19-42-17-15-40-13-11-38-9-7-37-8-10-39-12-14-41-16-18-43-20-22-45-24-26-47-30(34)6-5-28(33)31(35)36/h1-4H,5-26,32H2,(H,35,36). The molecule has 0 aromatic heterocycles. The van der Waals surface area contributed by atoms with Gasteiger partial charge in [0.25, 0.3) is 0 Å². The number of nitrogen functional groups attached to an aromatic ring is 1. The van der Waals surface area contributed by atoms with Crippen molar-refractivity contribution in [1.29, 1.82) is 0 Å². The number of rotatable bonds is 35. The molecular weight excluding hydrogens is 626 g/mol. The molecule has 1 rings (SSSR count). The summed E-state index contributed by atoms with van der Waals surface area (Å²) in [6.07, 6.45) is -0.662. The quantitative estimate of drug-likeness (QED) is 0.0442. The molecule has 0 saturated heterocycles. The molecule has 0 bridgehead atoms. The molecular formula is C31H51NO15. The molecule has 16 heteroatoms. The number of esters is 1. The van der Waals surface area contributed by atoms with E-state index in [1.807, 2.05) is 18.2 Å². The van der Waals surface area contributed by atoms with Crippen molar-refractivity contribution in [3.63, 3.8) is 0 Å². The minimum atomic E-state index is -1.56. The number of ketones is 1. The number of anilines is 1. The average Bonchev–Trinajstić information content (AvgIpc) is 3.06. The van der Waals surface area contributed by atoms with Gasteiger partial charge in [0.05, 0.1) is 131 Å². The van der Waals surface area contributed by atoms with Crippen molar-refractivity contribution >= 4 is 23.4 Å². The van der Waals surface area contributed by atoms with Crippen molar-refractivity contribution in [3.05, 3.63) is 24.3 Å². The van der Waals surface area contributed by atoms with Crippen LogP contribution in [0.2, 0.25) is 0 Å². The van der Waals surface area contributed by atoms with Crippen LogP contribution in [-0.4, -0.2) is 155 Å². The fourth-order valence-corrected chi connectivity index (χ4v) is 3.29. The Labute approximate surface area is 275 Å². The van der Waals surface area contributed by atoms with Gasteiger partial charge in [-0.05, 0) is 12.1 Å². The lowest BCUT2D eigenvalue weighted by Gasteiger charge is -2.09. The molecule has 1 aromatic carbocycles. The first-order valence-electron chi connectivity index (χ1n) is 15.6. The van der Waals surface area contributed by atoms with Gasteiger partial charge in [0.1, 0.15) is 19.0 Å². The second kappa shape index (κ2) is 31.7. The Morgan fingerprint density at radius 2 is 0.830 bits per heavy atom. The first kappa shape index (κ1) is 42.1. The number of ether oxygens (including phenoxy) is 11. The molecule has 3 N–H and O–H groups in total. The number of nitrogens with two attached hydrogens (primary N) is 1. The summed E-state index contributed by atoms with van der Waals surface area (Å²) in [6.45, 7) is 8.15. The number of carboxylic acid groups (broad SMARTS) is 1. The molecule has 0 aliphatic rings. The number of aliphatic carboxylic acids is 1. The highest BCUT2D eigenvalue weighted by molar-refractivity contribution is 6.32. The number of Topliss-reactive ketones (excluding diaryl/α,β-unsaturated/α-hetero) is 1. The summed E-state index contributed by atoms with van der Waals surface area (Å²) >= 11 is 0. The zero-order chi connectivity index (χ0) is 34.0. The Balaban J connectivity index is 1.66. The van der Waals surface area contributed by atoms with Crippen LogP contribution in [0.5, 0.6) is 5.75 Å². The maximum Gasteiger partial charge on any atom is 0.372 e. The summed E-state index contributed by atoms with van der Waals surface area (Å²) in [5, 5.41) is 8.44. The highest BCUT2D eigenvalue weighted by Gasteiger charge is 2.14. The lowest BCUT2D eigenvalue weighted by molar-refractivity contribution is -0.151. The lowest BCUT2D eigenvalue weighted by atomic mass is 10.2. The number of benzene rings is 1.